The number of nitrogens with zero attached hydrogens (tertiary/aromatic N) is 2. The van der Waals surface area contributed by atoms with Crippen molar-refractivity contribution in [2.24, 2.45) is 0 Å². The maximum atomic E-state index is 5.64. The van der Waals surface area contributed by atoms with E-state index in [0.717, 1.165) is 37.6 Å². The van der Waals surface area contributed by atoms with Gasteiger partial charge in [-0.15, -0.1) is 0 Å². The van der Waals surface area contributed by atoms with Gasteiger partial charge in [0.2, 0.25) is 0 Å². The molecule has 1 aliphatic heterocycles. The molecule has 0 saturated carbocycles. The topological polar surface area (TPSA) is 59.1 Å². The molecule has 5 heteroatoms. The minimum atomic E-state index is 0.280. The van der Waals surface area contributed by atoms with Gasteiger partial charge in [-0.25, -0.2) is 9.97 Å². The van der Waals surface area contributed by atoms with Gasteiger partial charge in [0.1, 0.15) is 18.0 Å². The molecular weight excluding hydrogens is 216 g/mol. The van der Waals surface area contributed by atoms with Crippen molar-refractivity contribution in [2.45, 2.75) is 38.8 Å². The first kappa shape index (κ1) is 12.1. The Morgan fingerprint density at radius 1 is 1.47 bits per heavy atom. The van der Waals surface area contributed by atoms with Gasteiger partial charge in [-0.05, 0) is 26.7 Å². The van der Waals surface area contributed by atoms with Gasteiger partial charge in [-0.2, -0.15) is 0 Å². The lowest BCUT2D eigenvalue weighted by Crippen LogP contribution is -2.30. The van der Waals surface area contributed by atoms with E-state index in [2.05, 4.69) is 27.5 Å². The quantitative estimate of drug-likeness (QED) is 0.817. The van der Waals surface area contributed by atoms with E-state index >= 15 is 0 Å². The molecule has 1 aliphatic rings. The van der Waals surface area contributed by atoms with Crippen molar-refractivity contribution >= 4 is 11.6 Å². The van der Waals surface area contributed by atoms with E-state index in [0.29, 0.717) is 6.10 Å². The van der Waals surface area contributed by atoms with Crippen LogP contribution in [0.4, 0.5) is 11.6 Å². The third-order valence-electron chi connectivity index (χ3n) is 2.92. The molecule has 1 aromatic heterocycles. The van der Waals surface area contributed by atoms with Gasteiger partial charge in [-0.3, -0.25) is 0 Å². The summed E-state index contributed by atoms with van der Waals surface area (Å²) in [5.41, 5.74) is 0. The van der Waals surface area contributed by atoms with Crippen LogP contribution in [0, 0.1) is 0 Å². The molecule has 0 aromatic carbocycles. The Morgan fingerprint density at radius 2 is 2.29 bits per heavy atom. The SMILES string of the molecule is CCNc1cc(NC(C)C2CCCO2)ncn1. The number of ether oxygens (including phenoxy) is 1. The fourth-order valence-corrected chi connectivity index (χ4v) is 2.04. The van der Waals surface area contributed by atoms with E-state index in [9.17, 15) is 0 Å². The van der Waals surface area contributed by atoms with Gasteiger partial charge in [0.25, 0.3) is 0 Å². The van der Waals surface area contributed by atoms with Crippen molar-refractivity contribution < 1.29 is 4.74 Å². The molecule has 1 aromatic rings. The van der Waals surface area contributed by atoms with Crippen molar-refractivity contribution in [3.63, 3.8) is 0 Å². The molecule has 0 amide bonds. The van der Waals surface area contributed by atoms with Crippen LogP contribution in [0.1, 0.15) is 26.7 Å². The van der Waals surface area contributed by atoms with E-state index in [-0.39, 0.29) is 6.04 Å². The second-order valence-electron chi connectivity index (χ2n) is 4.30. The van der Waals surface area contributed by atoms with Crippen LogP contribution in [0.5, 0.6) is 0 Å². The maximum absolute atomic E-state index is 5.64. The summed E-state index contributed by atoms with van der Waals surface area (Å²) in [4.78, 5) is 8.36. The Kier molecular flexibility index (Phi) is 4.14. The predicted molar refractivity (Wildman–Crippen MR) is 68.3 cm³/mol. The Bertz CT molecular complexity index is 352. The third-order valence-corrected chi connectivity index (χ3v) is 2.92. The normalized spacial score (nSPS) is 21.2. The molecular formula is C12H20N4O. The third kappa shape index (κ3) is 3.30. The summed E-state index contributed by atoms with van der Waals surface area (Å²) >= 11 is 0. The van der Waals surface area contributed by atoms with Gasteiger partial charge in [-0.1, -0.05) is 0 Å². The van der Waals surface area contributed by atoms with E-state index in [1.165, 1.54) is 0 Å². The lowest BCUT2D eigenvalue weighted by Gasteiger charge is -2.20. The summed E-state index contributed by atoms with van der Waals surface area (Å²) in [7, 11) is 0. The molecule has 94 valence electrons. The van der Waals surface area contributed by atoms with E-state index in [1.807, 2.05) is 13.0 Å². The Labute approximate surface area is 102 Å². The highest BCUT2D eigenvalue weighted by Gasteiger charge is 2.22. The molecule has 2 N–H and O–H groups in total. The maximum Gasteiger partial charge on any atom is 0.131 e. The van der Waals surface area contributed by atoms with Crippen molar-refractivity contribution in [3.05, 3.63) is 12.4 Å². The summed E-state index contributed by atoms with van der Waals surface area (Å²) in [5, 5.41) is 6.53. The van der Waals surface area contributed by atoms with E-state index in [4.69, 9.17) is 4.74 Å². The van der Waals surface area contributed by atoms with E-state index in [1.54, 1.807) is 6.33 Å². The number of anilines is 2. The molecule has 1 fully saturated rings. The molecule has 5 nitrogen and oxygen atoms in total. The van der Waals surface area contributed by atoms with E-state index < -0.39 is 0 Å². The Balaban J connectivity index is 1.94. The predicted octanol–water partition coefficient (Wildman–Crippen LogP) is 1.89. The molecule has 2 atom stereocenters. The van der Waals surface area contributed by atoms with Crippen LogP contribution in [-0.2, 0) is 4.74 Å². The molecule has 0 bridgehead atoms. The van der Waals surface area contributed by atoms with Crippen LogP contribution in [0.15, 0.2) is 12.4 Å². The number of aromatic nitrogens is 2. The summed E-state index contributed by atoms with van der Waals surface area (Å²) in [6.07, 6.45) is 4.15. The summed E-state index contributed by atoms with van der Waals surface area (Å²) in [5.74, 6) is 1.70. The van der Waals surface area contributed by atoms with Crippen LogP contribution in [0.3, 0.4) is 0 Å². The number of hydrogen-bond acceptors (Lipinski definition) is 5. The van der Waals surface area contributed by atoms with Gasteiger partial charge in [0, 0.05) is 19.2 Å². The van der Waals surface area contributed by atoms with Gasteiger partial charge in [0.15, 0.2) is 0 Å². The van der Waals surface area contributed by atoms with Crippen molar-refractivity contribution in [2.75, 3.05) is 23.8 Å². The number of rotatable bonds is 5. The molecule has 2 heterocycles. The fourth-order valence-electron chi connectivity index (χ4n) is 2.04. The molecule has 1 saturated heterocycles. The highest BCUT2D eigenvalue weighted by Crippen LogP contribution is 2.18. The van der Waals surface area contributed by atoms with Crippen LogP contribution >= 0.6 is 0 Å². The lowest BCUT2D eigenvalue weighted by molar-refractivity contribution is 0.0995. The Morgan fingerprint density at radius 3 is 3.00 bits per heavy atom. The molecule has 0 radical (unpaired) electrons. The average Bonchev–Trinajstić information content (AvgIpc) is 2.83. The standard InChI is InChI=1S/C12H20N4O/c1-3-13-11-7-12(15-8-14-11)16-9(2)10-5-4-6-17-10/h7-10H,3-6H2,1-2H3,(H2,13,14,15,16). The van der Waals surface area contributed by atoms with Crippen LogP contribution in [-0.4, -0.2) is 35.3 Å². The monoisotopic (exact) mass is 236 g/mol. The number of hydrogen-bond donors (Lipinski definition) is 2. The summed E-state index contributed by atoms with van der Waals surface area (Å²) in [6, 6.07) is 2.21. The highest BCUT2D eigenvalue weighted by atomic mass is 16.5. The van der Waals surface area contributed by atoms with Crippen LogP contribution < -0.4 is 10.6 Å². The van der Waals surface area contributed by atoms with Crippen LogP contribution in [0.25, 0.3) is 0 Å². The zero-order chi connectivity index (χ0) is 12.1. The first-order valence-electron chi connectivity index (χ1n) is 6.23. The minimum Gasteiger partial charge on any atom is -0.376 e. The fraction of sp³-hybridized carbons (Fsp3) is 0.667. The van der Waals surface area contributed by atoms with Gasteiger partial charge < -0.3 is 15.4 Å². The summed E-state index contributed by atoms with van der Waals surface area (Å²) < 4.78 is 5.64. The number of nitrogens with one attached hydrogen (secondary N) is 2. The average molecular weight is 236 g/mol. The van der Waals surface area contributed by atoms with Crippen molar-refractivity contribution in [1.29, 1.82) is 0 Å². The largest absolute Gasteiger partial charge is 0.376 e. The van der Waals surface area contributed by atoms with Crippen molar-refractivity contribution in [1.82, 2.24) is 9.97 Å². The van der Waals surface area contributed by atoms with Gasteiger partial charge in [0.05, 0.1) is 12.1 Å². The van der Waals surface area contributed by atoms with Gasteiger partial charge >= 0.3 is 0 Å². The smallest absolute Gasteiger partial charge is 0.131 e. The molecule has 2 rings (SSSR count). The Hall–Kier alpha value is -1.36. The molecule has 0 spiro atoms. The zero-order valence-electron chi connectivity index (χ0n) is 10.4. The minimum absolute atomic E-state index is 0.280. The molecule has 2 unspecified atom stereocenters. The zero-order valence-corrected chi connectivity index (χ0v) is 10.4. The van der Waals surface area contributed by atoms with Crippen LogP contribution in [0.2, 0.25) is 0 Å². The first-order valence-corrected chi connectivity index (χ1v) is 6.23. The second-order valence-corrected chi connectivity index (χ2v) is 4.30. The second kappa shape index (κ2) is 5.82. The first-order chi connectivity index (χ1) is 8.29. The van der Waals surface area contributed by atoms with Crippen molar-refractivity contribution in [3.8, 4) is 0 Å². The highest BCUT2D eigenvalue weighted by molar-refractivity contribution is 5.46. The molecule has 0 aliphatic carbocycles. The summed E-state index contributed by atoms with van der Waals surface area (Å²) in [6.45, 7) is 5.91. The molecule has 17 heavy (non-hydrogen) atoms. The lowest BCUT2D eigenvalue weighted by atomic mass is 10.1.